The molecule has 1 heterocycles. The molecule has 1 rings (SSSR count). The summed E-state index contributed by atoms with van der Waals surface area (Å²) in [5, 5.41) is 10.4. The van der Waals surface area contributed by atoms with E-state index in [0.29, 0.717) is 12.8 Å². The zero-order valence-corrected chi connectivity index (χ0v) is 12.6. The molecule has 7 nitrogen and oxygen atoms in total. The number of hydrogen-bond donors (Lipinski definition) is 2. The first-order valence-corrected chi connectivity index (χ1v) is 6.95. The van der Waals surface area contributed by atoms with Gasteiger partial charge in [-0.2, -0.15) is 0 Å². The molecule has 4 atom stereocenters. The lowest BCUT2D eigenvalue weighted by atomic mass is 9.96. The summed E-state index contributed by atoms with van der Waals surface area (Å²) in [5.74, 6) is -0.376. The van der Waals surface area contributed by atoms with E-state index in [1.807, 2.05) is 13.0 Å². The van der Waals surface area contributed by atoms with Gasteiger partial charge >= 0.3 is 11.9 Å². The second-order valence-corrected chi connectivity index (χ2v) is 4.95. The average molecular weight is 301 g/mol. The van der Waals surface area contributed by atoms with Gasteiger partial charge in [0.2, 0.25) is 0 Å². The number of allylic oxidation sites excluding steroid dienone is 1. The average Bonchev–Trinajstić information content (AvgIpc) is 2.42. The van der Waals surface area contributed by atoms with Crippen LogP contribution in [-0.2, 0) is 23.8 Å². The highest BCUT2D eigenvalue weighted by Crippen LogP contribution is 2.23. The Bertz CT molecular complexity index is 408. The summed E-state index contributed by atoms with van der Waals surface area (Å²) >= 11 is 0. The van der Waals surface area contributed by atoms with Gasteiger partial charge in [0.05, 0.1) is 5.76 Å². The molecule has 0 aromatic rings. The highest BCUT2D eigenvalue weighted by atomic mass is 16.6. The van der Waals surface area contributed by atoms with E-state index in [-0.39, 0.29) is 6.61 Å². The van der Waals surface area contributed by atoms with Crippen molar-refractivity contribution in [1.82, 2.24) is 0 Å². The molecule has 21 heavy (non-hydrogen) atoms. The molecule has 1 aliphatic heterocycles. The van der Waals surface area contributed by atoms with Crippen LogP contribution in [0.2, 0.25) is 0 Å². The van der Waals surface area contributed by atoms with E-state index in [2.05, 4.69) is 0 Å². The second kappa shape index (κ2) is 7.99. The maximum Gasteiger partial charge on any atom is 0.303 e. The van der Waals surface area contributed by atoms with Crippen LogP contribution in [-0.4, -0.2) is 48.0 Å². The third-order valence-corrected chi connectivity index (χ3v) is 3.16. The van der Waals surface area contributed by atoms with Crippen molar-refractivity contribution in [2.24, 2.45) is 5.73 Å². The Hall–Kier alpha value is -1.60. The maximum atomic E-state index is 11.1. The molecule has 0 bridgehead atoms. The molecule has 0 amide bonds. The summed E-state index contributed by atoms with van der Waals surface area (Å²) in [5.41, 5.74) is 5.94. The van der Waals surface area contributed by atoms with Crippen LogP contribution in [0.5, 0.6) is 0 Å². The van der Waals surface area contributed by atoms with Crippen molar-refractivity contribution >= 4 is 11.9 Å². The summed E-state index contributed by atoms with van der Waals surface area (Å²) in [4.78, 5) is 22.0. The number of rotatable bonds is 6. The molecule has 0 radical (unpaired) electrons. The minimum Gasteiger partial charge on any atom is -0.491 e. The molecule has 0 aliphatic carbocycles. The van der Waals surface area contributed by atoms with E-state index in [1.165, 1.54) is 13.8 Å². The Morgan fingerprint density at radius 2 is 2.14 bits per heavy atom. The molecule has 3 unspecified atom stereocenters. The predicted molar refractivity (Wildman–Crippen MR) is 74.0 cm³/mol. The van der Waals surface area contributed by atoms with Gasteiger partial charge < -0.3 is 25.1 Å². The van der Waals surface area contributed by atoms with Crippen molar-refractivity contribution in [1.29, 1.82) is 0 Å². The van der Waals surface area contributed by atoms with Crippen LogP contribution >= 0.6 is 0 Å². The Labute approximate surface area is 124 Å². The lowest BCUT2D eigenvalue weighted by molar-refractivity contribution is -0.171. The number of carbonyl (C=O) groups is 2. The normalized spacial score (nSPS) is 24.3. The highest BCUT2D eigenvalue weighted by Gasteiger charge is 2.37. The Kier molecular flexibility index (Phi) is 6.64. The first-order chi connectivity index (χ1) is 9.85. The Morgan fingerprint density at radius 1 is 1.48 bits per heavy atom. The number of aliphatic hydroxyl groups excluding tert-OH is 1. The summed E-state index contributed by atoms with van der Waals surface area (Å²) in [7, 11) is 0. The van der Waals surface area contributed by atoms with Gasteiger partial charge in [-0.05, 0) is 12.5 Å². The van der Waals surface area contributed by atoms with E-state index in [9.17, 15) is 14.7 Å². The number of aliphatic hydroxyl groups is 1. The number of hydrogen-bond acceptors (Lipinski definition) is 7. The standard InChI is InChI=1S/C14H23NO6/c1-4-10-5-6-11(15)14(21-10)13(18)12(20-9(3)17)7-19-8(2)16/h5,11-14,18H,4,6-7,15H2,1-3H3/t11?,12-,13?,14?/m1/s1. The molecule has 7 heteroatoms. The summed E-state index contributed by atoms with van der Waals surface area (Å²) in [6, 6.07) is -0.425. The fourth-order valence-electron chi connectivity index (χ4n) is 2.09. The van der Waals surface area contributed by atoms with Crippen LogP contribution in [0.15, 0.2) is 11.8 Å². The van der Waals surface area contributed by atoms with Gasteiger partial charge in [0, 0.05) is 26.3 Å². The van der Waals surface area contributed by atoms with Gasteiger partial charge in [-0.1, -0.05) is 6.92 Å². The van der Waals surface area contributed by atoms with E-state index in [0.717, 1.165) is 5.76 Å². The molecule has 0 aromatic carbocycles. The second-order valence-electron chi connectivity index (χ2n) is 4.95. The molecule has 120 valence electrons. The van der Waals surface area contributed by atoms with E-state index in [4.69, 9.17) is 19.9 Å². The maximum absolute atomic E-state index is 11.1. The van der Waals surface area contributed by atoms with Crippen LogP contribution in [0.25, 0.3) is 0 Å². The molecule has 1 aliphatic rings. The molecule has 0 spiro atoms. The van der Waals surface area contributed by atoms with Crippen LogP contribution in [0, 0.1) is 0 Å². The van der Waals surface area contributed by atoms with Crippen molar-refractivity contribution in [2.75, 3.05) is 6.61 Å². The van der Waals surface area contributed by atoms with Crippen LogP contribution in [0.4, 0.5) is 0 Å². The molecule has 0 saturated carbocycles. The smallest absolute Gasteiger partial charge is 0.303 e. The molecule has 0 aromatic heterocycles. The van der Waals surface area contributed by atoms with Gasteiger partial charge in [-0.3, -0.25) is 9.59 Å². The topological polar surface area (TPSA) is 108 Å². The Balaban J connectivity index is 2.77. The highest BCUT2D eigenvalue weighted by molar-refractivity contribution is 5.67. The van der Waals surface area contributed by atoms with Crippen molar-refractivity contribution in [2.45, 2.75) is 58.0 Å². The van der Waals surface area contributed by atoms with Gasteiger partial charge in [0.25, 0.3) is 0 Å². The van der Waals surface area contributed by atoms with Gasteiger partial charge in [0.1, 0.15) is 18.8 Å². The predicted octanol–water partition coefficient (Wildman–Crippen LogP) is 0.252. The number of esters is 2. The third kappa shape index (κ3) is 5.35. The number of nitrogens with two attached hydrogens (primary N) is 1. The zero-order valence-electron chi connectivity index (χ0n) is 12.6. The largest absolute Gasteiger partial charge is 0.491 e. The summed E-state index contributed by atoms with van der Waals surface area (Å²) < 4.78 is 15.5. The number of ether oxygens (including phenoxy) is 3. The minimum atomic E-state index is -1.18. The Morgan fingerprint density at radius 3 is 2.67 bits per heavy atom. The summed E-state index contributed by atoms with van der Waals surface area (Å²) in [6.45, 7) is 4.13. The molecule has 3 N–H and O–H groups in total. The number of carbonyl (C=O) groups excluding carboxylic acids is 2. The zero-order chi connectivity index (χ0) is 16.0. The van der Waals surface area contributed by atoms with E-state index >= 15 is 0 Å². The van der Waals surface area contributed by atoms with Crippen LogP contribution < -0.4 is 5.73 Å². The first kappa shape index (κ1) is 17.5. The lowest BCUT2D eigenvalue weighted by Crippen LogP contribution is -2.53. The first-order valence-electron chi connectivity index (χ1n) is 6.95. The van der Waals surface area contributed by atoms with E-state index < -0.39 is 36.3 Å². The third-order valence-electron chi connectivity index (χ3n) is 3.16. The molecule has 0 fully saturated rings. The van der Waals surface area contributed by atoms with E-state index in [1.54, 1.807) is 0 Å². The SMILES string of the molecule is CCC1=CCC(N)C(C(O)[C@@H](COC(C)=O)OC(C)=O)O1. The van der Waals surface area contributed by atoms with Gasteiger partial charge in [-0.25, -0.2) is 0 Å². The van der Waals surface area contributed by atoms with Crippen molar-refractivity contribution in [3.05, 3.63) is 11.8 Å². The van der Waals surface area contributed by atoms with Crippen LogP contribution in [0.3, 0.4) is 0 Å². The molecule has 0 saturated heterocycles. The van der Waals surface area contributed by atoms with Crippen molar-refractivity contribution < 1.29 is 28.9 Å². The fourth-order valence-corrected chi connectivity index (χ4v) is 2.09. The van der Waals surface area contributed by atoms with Gasteiger partial charge in [0.15, 0.2) is 6.10 Å². The fraction of sp³-hybridized carbons (Fsp3) is 0.714. The van der Waals surface area contributed by atoms with Crippen molar-refractivity contribution in [3.8, 4) is 0 Å². The quantitative estimate of drug-likeness (QED) is 0.677. The summed E-state index contributed by atoms with van der Waals surface area (Å²) in [6.07, 6.45) is 0.200. The molecular formula is C14H23NO6. The van der Waals surface area contributed by atoms with Crippen LogP contribution in [0.1, 0.15) is 33.6 Å². The minimum absolute atomic E-state index is 0.242. The van der Waals surface area contributed by atoms with Gasteiger partial charge in [-0.15, -0.1) is 0 Å². The van der Waals surface area contributed by atoms with Crippen molar-refractivity contribution in [3.63, 3.8) is 0 Å². The monoisotopic (exact) mass is 301 g/mol. The lowest BCUT2D eigenvalue weighted by Gasteiger charge is -2.35. The molecular weight excluding hydrogens is 278 g/mol.